The Kier molecular flexibility index (Phi) is 7.56. The summed E-state index contributed by atoms with van der Waals surface area (Å²) in [6.07, 6.45) is 4.03. The Bertz CT molecular complexity index is 799. The molecule has 0 spiro atoms. The van der Waals surface area contributed by atoms with E-state index in [0.717, 1.165) is 17.4 Å². The van der Waals surface area contributed by atoms with Crippen molar-refractivity contribution in [3.63, 3.8) is 0 Å². The standard InChI is InChI=1S/C24H28N2O3/c27-17-22(15-18-7-3-1-4-8-18)26-24(29)21-13-11-20(12-14-21)23(28)25-16-19-9-5-2-6-10-19/h1-10,17,20-22H,11-16H2,(H,25,28)(H,26,29). The Morgan fingerprint density at radius 2 is 1.34 bits per heavy atom. The van der Waals surface area contributed by atoms with E-state index in [1.54, 1.807) is 0 Å². The number of hydrogen-bond donors (Lipinski definition) is 2. The second-order valence-corrected chi connectivity index (χ2v) is 7.69. The lowest BCUT2D eigenvalue weighted by molar-refractivity contribution is -0.131. The molecule has 0 saturated heterocycles. The number of carbonyl (C=O) groups is 3. The Morgan fingerprint density at radius 1 is 0.828 bits per heavy atom. The summed E-state index contributed by atoms with van der Waals surface area (Å²) in [5, 5.41) is 5.86. The van der Waals surface area contributed by atoms with Crippen LogP contribution in [0.25, 0.3) is 0 Å². The van der Waals surface area contributed by atoms with Gasteiger partial charge in [-0.25, -0.2) is 0 Å². The van der Waals surface area contributed by atoms with Crippen molar-refractivity contribution in [3.05, 3.63) is 71.8 Å². The predicted octanol–water partition coefficient (Wildman–Crippen LogP) is 3.04. The maximum atomic E-state index is 12.6. The maximum absolute atomic E-state index is 12.6. The zero-order chi connectivity index (χ0) is 20.5. The van der Waals surface area contributed by atoms with Gasteiger partial charge < -0.3 is 15.4 Å². The minimum Gasteiger partial charge on any atom is -0.352 e. The van der Waals surface area contributed by atoms with Crippen molar-refractivity contribution in [2.45, 2.75) is 44.7 Å². The first-order valence-electron chi connectivity index (χ1n) is 10.3. The topological polar surface area (TPSA) is 75.3 Å². The zero-order valence-electron chi connectivity index (χ0n) is 16.6. The lowest BCUT2D eigenvalue weighted by atomic mass is 9.81. The van der Waals surface area contributed by atoms with Crippen molar-refractivity contribution < 1.29 is 14.4 Å². The largest absolute Gasteiger partial charge is 0.352 e. The van der Waals surface area contributed by atoms with E-state index in [4.69, 9.17) is 0 Å². The number of nitrogens with one attached hydrogen (secondary N) is 2. The van der Waals surface area contributed by atoms with E-state index >= 15 is 0 Å². The highest BCUT2D eigenvalue weighted by Gasteiger charge is 2.30. The number of amides is 2. The molecule has 0 aliphatic heterocycles. The van der Waals surface area contributed by atoms with Crippen LogP contribution in [0, 0.1) is 11.8 Å². The van der Waals surface area contributed by atoms with Gasteiger partial charge in [0.2, 0.25) is 11.8 Å². The average Bonchev–Trinajstić information content (AvgIpc) is 2.78. The highest BCUT2D eigenvalue weighted by Crippen LogP contribution is 2.29. The molecular weight excluding hydrogens is 364 g/mol. The van der Waals surface area contributed by atoms with Crippen LogP contribution in [-0.2, 0) is 27.3 Å². The van der Waals surface area contributed by atoms with Crippen molar-refractivity contribution in [3.8, 4) is 0 Å². The molecule has 2 aromatic rings. The molecule has 1 aliphatic rings. The van der Waals surface area contributed by atoms with E-state index in [1.165, 1.54) is 0 Å². The third-order valence-electron chi connectivity index (χ3n) is 5.57. The zero-order valence-corrected chi connectivity index (χ0v) is 16.6. The van der Waals surface area contributed by atoms with Gasteiger partial charge in [0.05, 0.1) is 6.04 Å². The van der Waals surface area contributed by atoms with Gasteiger partial charge in [-0.2, -0.15) is 0 Å². The Balaban J connectivity index is 1.42. The molecule has 1 aliphatic carbocycles. The molecule has 1 atom stereocenters. The summed E-state index contributed by atoms with van der Waals surface area (Å²) >= 11 is 0. The lowest BCUT2D eigenvalue weighted by Gasteiger charge is -2.28. The monoisotopic (exact) mass is 392 g/mol. The molecule has 1 saturated carbocycles. The molecule has 2 amide bonds. The molecule has 29 heavy (non-hydrogen) atoms. The summed E-state index contributed by atoms with van der Waals surface area (Å²) in [5.74, 6) is -0.205. The third kappa shape index (κ3) is 6.28. The van der Waals surface area contributed by atoms with Gasteiger partial charge in [-0.05, 0) is 43.2 Å². The Labute approximate surface area is 171 Å². The SMILES string of the molecule is O=CC(Cc1ccccc1)NC(=O)C1CCC(C(=O)NCc2ccccc2)CC1. The highest BCUT2D eigenvalue weighted by molar-refractivity contribution is 5.83. The fourth-order valence-corrected chi connectivity index (χ4v) is 3.85. The molecule has 0 aromatic heterocycles. The van der Waals surface area contributed by atoms with Crippen LogP contribution in [0.4, 0.5) is 0 Å². The molecule has 1 fully saturated rings. The predicted molar refractivity (Wildman–Crippen MR) is 112 cm³/mol. The molecule has 5 heteroatoms. The van der Waals surface area contributed by atoms with Gasteiger partial charge >= 0.3 is 0 Å². The molecule has 0 radical (unpaired) electrons. The van der Waals surface area contributed by atoms with Gasteiger partial charge in [0, 0.05) is 18.4 Å². The molecule has 1 unspecified atom stereocenters. The lowest BCUT2D eigenvalue weighted by Crippen LogP contribution is -2.43. The molecule has 0 bridgehead atoms. The minimum absolute atomic E-state index is 0.0473. The molecule has 0 heterocycles. The maximum Gasteiger partial charge on any atom is 0.223 e. The summed E-state index contributed by atoms with van der Waals surface area (Å²) in [6, 6.07) is 19.0. The number of aldehydes is 1. The number of carbonyl (C=O) groups excluding carboxylic acids is 3. The van der Waals surface area contributed by atoms with E-state index in [1.807, 2.05) is 60.7 Å². The molecule has 2 aromatic carbocycles. The van der Waals surface area contributed by atoms with Gasteiger partial charge in [-0.1, -0.05) is 60.7 Å². The van der Waals surface area contributed by atoms with E-state index in [0.29, 0.717) is 38.6 Å². The fourth-order valence-electron chi connectivity index (χ4n) is 3.85. The minimum atomic E-state index is -0.517. The number of benzene rings is 2. The molecule has 3 rings (SSSR count). The first kappa shape index (κ1) is 20.8. The quantitative estimate of drug-likeness (QED) is 0.678. The van der Waals surface area contributed by atoms with E-state index in [-0.39, 0.29) is 23.7 Å². The third-order valence-corrected chi connectivity index (χ3v) is 5.57. The summed E-state index contributed by atoms with van der Waals surface area (Å²) < 4.78 is 0. The second kappa shape index (κ2) is 10.6. The Morgan fingerprint density at radius 3 is 1.90 bits per heavy atom. The first-order valence-corrected chi connectivity index (χ1v) is 10.3. The van der Waals surface area contributed by atoms with Crippen molar-refractivity contribution >= 4 is 18.1 Å². The van der Waals surface area contributed by atoms with Crippen LogP contribution >= 0.6 is 0 Å². The van der Waals surface area contributed by atoms with E-state index < -0.39 is 6.04 Å². The van der Waals surface area contributed by atoms with Crippen LogP contribution in [0.5, 0.6) is 0 Å². The van der Waals surface area contributed by atoms with E-state index in [9.17, 15) is 14.4 Å². The number of hydrogen-bond acceptors (Lipinski definition) is 3. The van der Waals surface area contributed by atoms with Gasteiger partial charge in [0.25, 0.3) is 0 Å². The molecule has 152 valence electrons. The Hall–Kier alpha value is -2.95. The summed E-state index contributed by atoms with van der Waals surface area (Å²) in [4.78, 5) is 36.4. The smallest absolute Gasteiger partial charge is 0.223 e. The average molecular weight is 392 g/mol. The summed E-state index contributed by atoms with van der Waals surface area (Å²) in [6.45, 7) is 0.528. The van der Waals surface area contributed by atoms with E-state index in [2.05, 4.69) is 10.6 Å². The molecular formula is C24H28N2O3. The van der Waals surface area contributed by atoms with Gasteiger partial charge in [-0.3, -0.25) is 9.59 Å². The normalized spacial score (nSPS) is 19.7. The van der Waals surface area contributed by atoms with Gasteiger partial charge in [-0.15, -0.1) is 0 Å². The van der Waals surface area contributed by atoms with Crippen molar-refractivity contribution in [1.29, 1.82) is 0 Å². The van der Waals surface area contributed by atoms with Crippen LogP contribution in [0.15, 0.2) is 60.7 Å². The first-order chi connectivity index (χ1) is 14.2. The van der Waals surface area contributed by atoms with Crippen LogP contribution in [0.2, 0.25) is 0 Å². The van der Waals surface area contributed by atoms with Crippen molar-refractivity contribution in [2.75, 3.05) is 0 Å². The van der Waals surface area contributed by atoms with Gasteiger partial charge in [0.15, 0.2) is 0 Å². The summed E-state index contributed by atoms with van der Waals surface area (Å²) in [7, 11) is 0. The molecule has 5 nitrogen and oxygen atoms in total. The van der Waals surface area contributed by atoms with Crippen molar-refractivity contribution in [2.24, 2.45) is 11.8 Å². The van der Waals surface area contributed by atoms with Gasteiger partial charge in [0.1, 0.15) is 6.29 Å². The van der Waals surface area contributed by atoms with Crippen LogP contribution in [0.3, 0.4) is 0 Å². The molecule has 2 N–H and O–H groups in total. The number of rotatable bonds is 8. The van der Waals surface area contributed by atoms with Crippen molar-refractivity contribution in [1.82, 2.24) is 10.6 Å². The second-order valence-electron chi connectivity index (χ2n) is 7.69. The fraction of sp³-hybridized carbons (Fsp3) is 0.375. The van der Waals surface area contributed by atoms with Crippen LogP contribution in [-0.4, -0.2) is 24.1 Å². The summed E-state index contributed by atoms with van der Waals surface area (Å²) in [5.41, 5.74) is 2.09. The van der Waals surface area contributed by atoms with Crippen LogP contribution < -0.4 is 10.6 Å². The highest BCUT2D eigenvalue weighted by atomic mass is 16.2. The van der Waals surface area contributed by atoms with Crippen LogP contribution in [0.1, 0.15) is 36.8 Å².